The predicted molar refractivity (Wildman–Crippen MR) is 118 cm³/mol. The van der Waals surface area contributed by atoms with Crippen molar-refractivity contribution >= 4 is 34.0 Å². The maximum absolute atomic E-state index is 11.0. The Morgan fingerprint density at radius 2 is 2.19 bits per heavy atom. The van der Waals surface area contributed by atoms with Crippen molar-refractivity contribution in [3.63, 3.8) is 0 Å². The first-order chi connectivity index (χ1) is 14.9. The first kappa shape index (κ1) is 20.9. The zero-order chi connectivity index (χ0) is 22.0. The van der Waals surface area contributed by atoms with Crippen LogP contribution in [0, 0.1) is 6.92 Å². The van der Waals surface area contributed by atoms with Gasteiger partial charge in [-0.2, -0.15) is 9.47 Å². The van der Waals surface area contributed by atoms with Gasteiger partial charge in [-0.1, -0.05) is 0 Å². The molecule has 0 fully saturated rings. The van der Waals surface area contributed by atoms with Gasteiger partial charge < -0.3 is 15.8 Å². The van der Waals surface area contributed by atoms with Gasteiger partial charge in [0.15, 0.2) is 11.5 Å². The average molecular weight is 441 g/mol. The van der Waals surface area contributed by atoms with E-state index in [4.69, 9.17) is 15.5 Å². The molecule has 0 saturated heterocycles. The molecule has 0 aliphatic rings. The average Bonchev–Trinajstić information content (AvgIpc) is 3.44. The molecule has 4 aromatic heterocycles. The summed E-state index contributed by atoms with van der Waals surface area (Å²) in [5.41, 5.74) is 10.5. The topological polar surface area (TPSA) is 125 Å². The van der Waals surface area contributed by atoms with E-state index in [0.29, 0.717) is 24.3 Å². The van der Waals surface area contributed by atoms with E-state index < -0.39 is 0 Å². The van der Waals surface area contributed by atoms with Crippen LogP contribution in [0.4, 0.5) is 10.8 Å². The second-order valence-electron chi connectivity index (χ2n) is 7.38. The van der Waals surface area contributed by atoms with Crippen LogP contribution in [0.3, 0.4) is 0 Å². The molecule has 162 valence electrons. The number of carbonyl (C=O) groups is 1. The number of aryl methyl sites for hydroxylation is 3. The van der Waals surface area contributed by atoms with E-state index in [1.165, 1.54) is 18.5 Å². The van der Waals surface area contributed by atoms with Crippen LogP contribution in [0.15, 0.2) is 30.9 Å². The van der Waals surface area contributed by atoms with Gasteiger partial charge >= 0.3 is 5.97 Å². The summed E-state index contributed by atoms with van der Waals surface area (Å²) in [6.07, 6.45) is 8.78. The Bertz CT molecular complexity index is 1210. The number of esters is 1. The van der Waals surface area contributed by atoms with Crippen molar-refractivity contribution in [1.82, 2.24) is 28.5 Å². The van der Waals surface area contributed by atoms with Crippen LogP contribution in [0.2, 0.25) is 0 Å². The van der Waals surface area contributed by atoms with Gasteiger partial charge in [-0.05, 0) is 37.4 Å². The van der Waals surface area contributed by atoms with Crippen LogP contribution in [0.25, 0.3) is 16.9 Å². The maximum Gasteiger partial charge on any atom is 0.302 e. The summed E-state index contributed by atoms with van der Waals surface area (Å²) < 4.78 is 13.1. The summed E-state index contributed by atoms with van der Waals surface area (Å²) in [7, 11) is 1.88. The van der Waals surface area contributed by atoms with Crippen molar-refractivity contribution in [2.45, 2.75) is 32.7 Å². The minimum Gasteiger partial charge on any atom is -0.464 e. The molecule has 0 bridgehead atoms. The Balaban J connectivity index is 1.67. The molecule has 0 radical (unpaired) electrons. The minimum absolute atomic E-state index is 0.189. The Morgan fingerprint density at radius 1 is 1.35 bits per heavy atom. The highest BCUT2D eigenvalue weighted by molar-refractivity contribution is 7.10. The van der Waals surface area contributed by atoms with E-state index in [0.717, 1.165) is 27.6 Å². The van der Waals surface area contributed by atoms with Gasteiger partial charge in [0.05, 0.1) is 29.5 Å². The molecule has 0 aliphatic heterocycles. The summed E-state index contributed by atoms with van der Waals surface area (Å²) in [5, 5.41) is 8.51. The van der Waals surface area contributed by atoms with E-state index in [-0.39, 0.29) is 18.6 Å². The highest BCUT2D eigenvalue weighted by Gasteiger charge is 2.16. The zero-order valence-electron chi connectivity index (χ0n) is 17.6. The van der Waals surface area contributed by atoms with Crippen molar-refractivity contribution < 1.29 is 9.53 Å². The molecule has 0 aliphatic carbocycles. The number of ether oxygens (including phenoxy) is 1. The number of aromatic nitrogens is 6. The summed E-state index contributed by atoms with van der Waals surface area (Å²) in [5.74, 6) is 0.311. The number of anilines is 2. The van der Waals surface area contributed by atoms with Crippen LogP contribution in [-0.2, 0) is 23.0 Å². The summed E-state index contributed by atoms with van der Waals surface area (Å²) in [4.78, 5) is 20.4. The summed E-state index contributed by atoms with van der Waals surface area (Å²) in [6, 6.07) is 1.71. The van der Waals surface area contributed by atoms with Gasteiger partial charge in [0, 0.05) is 38.0 Å². The van der Waals surface area contributed by atoms with Crippen molar-refractivity contribution in [2.75, 3.05) is 11.9 Å². The van der Waals surface area contributed by atoms with Gasteiger partial charge in [0.25, 0.3) is 0 Å². The molecule has 10 nitrogen and oxygen atoms in total. The van der Waals surface area contributed by atoms with Crippen LogP contribution >= 0.6 is 11.5 Å². The van der Waals surface area contributed by atoms with Crippen molar-refractivity contribution in [2.24, 2.45) is 12.8 Å². The van der Waals surface area contributed by atoms with Crippen molar-refractivity contribution in [1.29, 1.82) is 0 Å². The molecule has 3 N–H and O–H groups in total. The number of rotatable bonds is 8. The lowest BCUT2D eigenvalue weighted by Gasteiger charge is -2.13. The zero-order valence-corrected chi connectivity index (χ0v) is 18.4. The summed E-state index contributed by atoms with van der Waals surface area (Å²) in [6.45, 7) is 3.51. The Morgan fingerprint density at radius 3 is 2.87 bits per heavy atom. The quantitative estimate of drug-likeness (QED) is 0.400. The third-order valence-corrected chi connectivity index (χ3v) is 5.48. The fourth-order valence-electron chi connectivity index (χ4n) is 3.19. The SMILES string of the molecule is CC(=O)OCC(N)CCc1cn2c(-c3cnn(C)c3)cnc2c(Nc2cc(C)ns2)n1. The largest absolute Gasteiger partial charge is 0.464 e. The van der Waals surface area contributed by atoms with Crippen LogP contribution in [-0.4, -0.2) is 47.1 Å². The van der Waals surface area contributed by atoms with Gasteiger partial charge in [0.2, 0.25) is 0 Å². The number of hydrogen-bond donors (Lipinski definition) is 2. The molecule has 4 heterocycles. The third kappa shape index (κ3) is 4.89. The lowest BCUT2D eigenvalue weighted by molar-refractivity contribution is -0.141. The van der Waals surface area contributed by atoms with E-state index >= 15 is 0 Å². The standard InChI is InChI=1S/C20H24N8O2S/c1-12-6-18(31-26-12)25-19-20-22-8-17(14-7-23-27(3)9-14)28(20)10-16(24-19)5-4-15(21)11-30-13(2)29/h6-10,15H,4-5,11,21H2,1-3H3,(H,24,25). The molecule has 0 spiro atoms. The molecule has 0 amide bonds. The number of nitrogens with two attached hydrogens (primary N) is 1. The van der Waals surface area contributed by atoms with Gasteiger partial charge in [-0.25, -0.2) is 9.97 Å². The molecule has 1 atom stereocenters. The maximum atomic E-state index is 11.0. The highest BCUT2D eigenvalue weighted by atomic mass is 32.1. The van der Waals surface area contributed by atoms with Crippen LogP contribution in [0.1, 0.15) is 24.7 Å². The van der Waals surface area contributed by atoms with E-state index in [9.17, 15) is 4.79 Å². The number of imidazole rings is 1. The van der Waals surface area contributed by atoms with Crippen LogP contribution in [0.5, 0.6) is 0 Å². The van der Waals surface area contributed by atoms with Crippen molar-refractivity contribution in [3.8, 4) is 11.3 Å². The Labute approximate surface area is 183 Å². The molecular formula is C20H24N8O2S. The number of nitrogens with zero attached hydrogens (tertiary/aromatic N) is 6. The Hall–Kier alpha value is -3.31. The molecule has 4 aromatic rings. The Kier molecular flexibility index (Phi) is 5.96. The predicted octanol–water partition coefficient (Wildman–Crippen LogP) is 2.46. The van der Waals surface area contributed by atoms with Gasteiger partial charge in [0.1, 0.15) is 11.6 Å². The van der Waals surface area contributed by atoms with Gasteiger partial charge in [-0.15, -0.1) is 0 Å². The number of carbonyl (C=O) groups excluding carboxylic acids is 1. The van der Waals surface area contributed by atoms with E-state index in [2.05, 4.69) is 19.8 Å². The third-order valence-electron chi connectivity index (χ3n) is 4.68. The summed E-state index contributed by atoms with van der Waals surface area (Å²) >= 11 is 1.37. The first-order valence-electron chi connectivity index (χ1n) is 9.84. The number of fused-ring (bicyclic) bond motifs is 1. The molecule has 0 saturated carbocycles. The lowest BCUT2D eigenvalue weighted by Crippen LogP contribution is -2.28. The number of nitrogens with one attached hydrogen (secondary N) is 1. The minimum atomic E-state index is -0.333. The van der Waals surface area contributed by atoms with Crippen LogP contribution < -0.4 is 11.1 Å². The van der Waals surface area contributed by atoms with E-state index in [1.54, 1.807) is 10.9 Å². The fourth-order valence-corrected chi connectivity index (χ4v) is 3.85. The van der Waals surface area contributed by atoms with Crippen molar-refractivity contribution in [3.05, 3.63) is 42.2 Å². The second kappa shape index (κ2) is 8.82. The number of hydrogen-bond acceptors (Lipinski definition) is 9. The molecule has 11 heteroatoms. The molecule has 31 heavy (non-hydrogen) atoms. The highest BCUT2D eigenvalue weighted by Crippen LogP contribution is 2.27. The smallest absolute Gasteiger partial charge is 0.302 e. The molecule has 0 aromatic carbocycles. The molecule has 4 rings (SSSR count). The fraction of sp³-hybridized carbons (Fsp3) is 0.350. The van der Waals surface area contributed by atoms with Gasteiger partial charge in [-0.3, -0.25) is 13.9 Å². The molecular weight excluding hydrogens is 416 g/mol. The normalized spacial score (nSPS) is 12.3. The van der Waals surface area contributed by atoms with E-state index in [1.807, 2.05) is 43.0 Å². The second-order valence-corrected chi connectivity index (χ2v) is 8.18. The first-order valence-corrected chi connectivity index (χ1v) is 10.6. The molecule has 1 unspecified atom stereocenters. The monoisotopic (exact) mass is 440 g/mol. The lowest BCUT2D eigenvalue weighted by atomic mass is 10.1.